The predicted molar refractivity (Wildman–Crippen MR) is 90.1 cm³/mol. The summed E-state index contributed by atoms with van der Waals surface area (Å²) in [4.78, 5) is 19.8. The van der Waals surface area contributed by atoms with Gasteiger partial charge in [0.1, 0.15) is 6.54 Å². The van der Waals surface area contributed by atoms with E-state index in [4.69, 9.17) is 5.11 Å². The average molecular weight is 344 g/mol. The van der Waals surface area contributed by atoms with E-state index in [1.807, 2.05) is 6.92 Å². The van der Waals surface area contributed by atoms with Crippen molar-refractivity contribution in [1.82, 2.24) is 0 Å². The molecular weight excluding hydrogens is 318 g/mol. The van der Waals surface area contributed by atoms with Gasteiger partial charge in [-0.05, 0) is 12.3 Å². The summed E-state index contributed by atoms with van der Waals surface area (Å²) >= 11 is 0. The van der Waals surface area contributed by atoms with Gasteiger partial charge in [-0.25, -0.2) is 0 Å². The van der Waals surface area contributed by atoms with Crippen LogP contribution in [-0.2, 0) is 0 Å². The molecule has 0 saturated heterocycles. The number of nitrogens with zero attached hydrogens (tertiary/aromatic N) is 3. The van der Waals surface area contributed by atoms with Gasteiger partial charge in [0.15, 0.2) is 5.75 Å². The van der Waals surface area contributed by atoms with Crippen LogP contribution in [0.15, 0.2) is 12.1 Å². The first-order valence-corrected chi connectivity index (χ1v) is 7.51. The number of phenols is 1. The molecule has 2 N–H and O–H groups in total. The number of hydrogen-bond acceptors (Lipinski definition) is 6. The first-order chi connectivity index (χ1) is 10.9. The van der Waals surface area contributed by atoms with Gasteiger partial charge in [0.05, 0.1) is 43.7 Å². The number of aliphatic hydroxyl groups is 1. The minimum absolute atomic E-state index is 0.186. The van der Waals surface area contributed by atoms with Crippen LogP contribution in [0.4, 0.5) is 11.4 Å². The summed E-state index contributed by atoms with van der Waals surface area (Å²) in [5, 5.41) is 39.4. The fourth-order valence-electron chi connectivity index (χ4n) is 1.77. The lowest BCUT2D eigenvalue weighted by atomic mass is 9.96. The Balaban J connectivity index is 0.000000640. The van der Waals surface area contributed by atoms with E-state index >= 15 is 0 Å². The van der Waals surface area contributed by atoms with E-state index in [0.29, 0.717) is 6.42 Å². The minimum atomic E-state index is -0.825. The highest BCUT2D eigenvalue weighted by atomic mass is 16.6. The second-order valence-corrected chi connectivity index (χ2v) is 6.46. The standard InChI is InChI=1S/C10H12N2O5.C5H14NO/c1-3-6(2)8-4-7(11(14)15)5-9(10(8)13)12(16)17;1-6(2,3)4-5-7/h4-6,13H,3H2,1-2H3;7H,4-5H2,1-3H3/q;+1. The molecule has 0 aromatic heterocycles. The first kappa shape index (κ1) is 21.7. The SMILES string of the molecule is CCC(C)c1cc([N+](=O)[O-])cc([N+](=O)[O-])c1O.C[N+](C)(C)CCO. The fourth-order valence-corrected chi connectivity index (χ4v) is 1.77. The van der Waals surface area contributed by atoms with Gasteiger partial charge < -0.3 is 14.7 Å². The smallest absolute Gasteiger partial charge is 0.317 e. The number of hydrogen-bond donors (Lipinski definition) is 2. The van der Waals surface area contributed by atoms with Gasteiger partial charge in [-0.3, -0.25) is 20.2 Å². The van der Waals surface area contributed by atoms with Crippen LogP contribution in [0.3, 0.4) is 0 Å². The van der Waals surface area contributed by atoms with Crippen molar-refractivity contribution in [3.8, 4) is 5.75 Å². The molecule has 0 radical (unpaired) electrons. The quantitative estimate of drug-likeness (QED) is 0.463. The average Bonchev–Trinajstić information content (AvgIpc) is 2.45. The lowest BCUT2D eigenvalue weighted by Crippen LogP contribution is -2.36. The monoisotopic (exact) mass is 344 g/mol. The third-order valence-electron chi connectivity index (χ3n) is 3.43. The lowest BCUT2D eigenvalue weighted by Gasteiger charge is -2.21. The predicted octanol–water partition coefficient (Wildman–Crippen LogP) is 2.41. The number of non-ortho nitro benzene ring substituents is 1. The second kappa shape index (κ2) is 9.14. The molecule has 1 aromatic rings. The Bertz CT molecular complexity index is 583. The molecule has 24 heavy (non-hydrogen) atoms. The van der Waals surface area contributed by atoms with Crippen molar-refractivity contribution in [1.29, 1.82) is 0 Å². The summed E-state index contributed by atoms with van der Waals surface area (Å²) in [6.45, 7) is 4.68. The molecule has 0 spiro atoms. The van der Waals surface area contributed by atoms with Crippen molar-refractivity contribution in [3.63, 3.8) is 0 Å². The maximum atomic E-state index is 10.7. The highest BCUT2D eigenvalue weighted by Gasteiger charge is 2.25. The van der Waals surface area contributed by atoms with E-state index in [9.17, 15) is 25.3 Å². The van der Waals surface area contributed by atoms with Crippen LogP contribution in [0.2, 0.25) is 0 Å². The second-order valence-electron chi connectivity index (χ2n) is 6.46. The van der Waals surface area contributed by atoms with Gasteiger partial charge in [0.25, 0.3) is 5.69 Å². The zero-order valence-electron chi connectivity index (χ0n) is 14.7. The summed E-state index contributed by atoms with van der Waals surface area (Å²) in [6.07, 6.45) is 0.617. The normalized spacial score (nSPS) is 12.1. The van der Waals surface area contributed by atoms with E-state index in [0.717, 1.165) is 17.1 Å². The molecule has 0 aliphatic carbocycles. The van der Waals surface area contributed by atoms with Gasteiger partial charge in [-0.1, -0.05) is 13.8 Å². The molecule has 0 saturated carbocycles. The number of aromatic hydroxyl groups is 1. The Morgan fingerprint density at radius 2 is 1.71 bits per heavy atom. The van der Waals surface area contributed by atoms with Crippen LogP contribution in [0, 0.1) is 20.2 Å². The molecule has 0 heterocycles. The number of rotatable bonds is 6. The molecule has 0 bridgehead atoms. The molecular formula is C15H26N3O6+. The number of nitro groups is 2. The van der Waals surface area contributed by atoms with E-state index in [2.05, 4.69) is 21.1 Å². The van der Waals surface area contributed by atoms with Crippen molar-refractivity contribution in [2.45, 2.75) is 26.2 Å². The summed E-state index contributed by atoms with van der Waals surface area (Å²) in [5.74, 6) is -0.677. The van der Waals surface area contributed by atoms with Crippen LogP contribution in [0.1, 0.15) is 31.7 Å². The van der Waals surface area contributed by atoms with E-state index in [-0.39, 0.29) is 23.8 Å². The lowest BCUT2D eigenvalue weighted by molar-refractivity contribution is -0.870. The van der Waals surface area contributed by atoms with Crippen LogP contribution in [0.5, 0.6) is 5.75 Å². The number of phenolic OH excluding ortho intramolecular Hbond substituents is 1. The summed E-state index contributed by atoms with van der Waals surface area (Å²) < 4.78 is 0.844. The first-order valence-electron chi connectivity index (χ1n) is 7.51. The highest BCUT2D eigenvalue weighted by Crippen LogP contribution is 2.38. The van der Waals surface area contributed by atoms with Gasteiger partial charge in [-0.15, -0.1) is 0 Å². The topological polar surface area (TPSA) is 127 Å². The maximum Gasteiger partial charge on any atom is 0.317 e. The van der Waals surface area contributed by atoms with E-state index in [1.165, 1.54) is 6.07 Å². The van der Waals surface area contributed by atoms with Crippen molar-refractivity contribution in [3.05, 3.63) is 37.9 Å². The van der Waals surface area contributed by atoms with Crippen LogP contribution in [0.25, 0.3) is 0 Å². The number of aliphatic hydroxyl groups excluding tert-OH is 1. The van der Waals surface area contributed by atoms with Gasteiger partial charge in [0.2, 0.25) is 0 Å². The molecule has 136 valence electrons. The molecule has 0 aliphatic rings. The highest BCUT2D eigenvalue weighted by molar-refractivity contribution is 5.58. The molecule has 9 nitrogen and oxygen atoms in total. The van der Waals surface area contributed by atoms with E-state index in [1.54, 1.807) is 6.92 Å². The van der Waals surface area contributed by atoms with Crippen molar-refractivity contribution >= 4 is 11.4 Å². The molecule has 9 heteroatoms. The van der Waals surface area contributed by atoms with Crippen LogP contribution in [-0.4, -0.2) is 58.8 Å². The Morgan fingerprint density at radius 3 is 2.00 bits per heavy atom. The van der Waals surface area contributed by atoms with Gasteiger partial charge in [-0.2, -0.15) is 0 Å². The number of nitro benzene ring substituents is 2. The Kier molecular flexibility index (Phi) is 8.28. The van der Waals surface area contributed by atoms with Crippen LogP contribution < -0.4 is 0 Å². The van der Waals surface area contributed by atoms with Crippen molar-refractivity contribution < 1.29 is 24.5 Å². The summed E-state index contributed by atoms with van der Waals surface area (Å²) in [6, 6.07) is 1.94. The summed E-state index contributed by atoms with van der Waals surface area (Å²) in [5.41, 5.74) is -0.785. The number of likely N-dealkylation sites (N-methyl/N-ethyl adjacent to an activating group) is 1. The van der Waals surface area contributed by atoms with Gasteiger partial charge in [0, 0.05) is 11.6 Å². The molecule has 0 fully saturated rings. The van der Waals surface area contributed by atoms with Crippen LogP contribution >= 0.6 is 0 Å². The largest absolute Gasteiger partial charge is 0.502 e. The summed E-state index contributed by atoms with van der Waals surface area (Å²) in [7, 11) is 6.16. The number of quaternary nitrogens is 1. The van der Waals surface area contributed by atoms with E-state index < -0.39 is 21.3 Å². The maximum absolute atomic E-state index is 10.7. The third kappa shape index (κ3) is 6.88. The third-order valence-corrected chi connectivity index (χ3v) is 3.43. The van der Waals surface area contributed by atoms with Crippen molar-refractivity contribution in [2.75, 3.05) is 34.3 Å². The molecule has 1 atom stereocenters. The van der Waals surface area contributed by atoms with Crippen molar-refractivity contribution in [2.24, 2.45) is 0 Å². The zero-order chi connectivity index (χ0) is 19.1. The minimum Gasteiger partial charge on any atom is -0.502 e. The Labute approximate surface area is 141 Å². The number of benzene rings is 1. The molecule has 1 rings (SSSR count). The molecule has 0 aliphatic heterocycles. The zero-order valence-corrected chi connectivity index (χ0v) is 14.7. The Morgan fingerprint density at radius 1 is 1.17 bits per heavy atom. The molecule has 1 unspecified atom stereocenters. The molecule has 0 amide bonds. The Hall–Kier alpha value is -2.26. The van der Waals surface area contributed by atoms with Gasteiger partial charge >= 0.3 is 5.69 Å². The molecule has 1 aromatic carbocycles. The fraction of sp³-hybridized carbons (Fsp3) is 0.600.